The van der Waals surface area contributed by atoms with Crippen LogP contribution in [0.1, 0.15) is 18.1 Å². The maximum atomic E-state index is 8.77. The number of hydrogen-bond acceptors (Lipinski definition) is 3. The molecule has 0 saturated carbocycles. The van der Waals surface area contributed by atoms with Gasteiger partial charge in [-0.1, -0.05) is 31.2 Å². The molecule has 1 aromatic heterocycles. The summed E-state index contributed by atoms with van der Waals surface area (Å²) in [6.07, 6.45) is 1.00. The highest BCUT2D eigenvalue weighted by Gasteiger charge is 2.08. The maximum Gasteiger partial charge on any atom is 0.208 e. The third-order valence-corrected chi connectivity index (χ3v) is 2.53. The first-order chi connectivity index (χ1) is 7.74. The Hall–Kier alpha value is -2.21. The first-order valence-corrected chi connectivity index (χ1v) is 5.13. The molecule has 0 atom stereocenters. The Morgan fingerprint density at radius 3 is 2.50 bits per heavy atom. The maximum absolute atomic E-state index is 8.77. The highest BCUT2D eigenvalue weighted by molar-refractivity contribution is 5.64. The van der Waals surface area contributed by atoms with Crippen molar-refractivity contribution < 1.29 is 4.42 Å². The molecule has 2 N–H and O–H groups in total. The van der Waals surface area contributed by atoms with E-state index in [1.165, 1.54) is 5.56 Å². The smallest absolute Gasteiger partial charge is 0.208 e. The zero-order valence-electron chi connectivity index (χ0n) is 9.03. The fourth-order valence-corrected chi connectivity index (χ4v) is 1.54. The van der Waals surface area contributed by atoms with Crippen molar-refractivity contribution in [2.24, 2.45) is 0 Å². The minimum Gasteiger partial charge on any atom is -0.440 e. The predicted octanol–water partition coefficient (Wildman–Crippen LogP) is 2.96. The van der Waals surface area contributed by atoms with Gasteiger partial charge in [0.2, 0.25) is 5.88 Å². The number of rotatable bonds is 2. The van der Waals surface area contributed by atoms with Crippen molar-refractivity contribution in [2.75, 3.05) is 5.73 Å². The second-order valence-corrected chi connectivity index (χ2v) is 3.55. The van der Waals surface area contributed by atoms with E-state index in [4.69, 9.17) is 15.4 Å². The second-order valence-electron chi connectivity index (χ2n) is 3.55. The molecule has 0 fully saturated rings. The molecule has 0 amide bonds. The number of hydrogen-bond donors (Lipinski definition) is 1. The van der Waals surface area contributed by atoms with Crippen LogP contribution in [0.4, 0.5) is 5.88 Å². The van der Waals surface area contributed by atoms with E-state index in [1.807, 2.05) is 30.3 Å². The first-order valence-electron chi connectivity index (χ1n) is 5.13. The lowest BCUT2D eigenvalue weighted by molar-refractivity contribution is 0.602. The summed E-state index contributed by atoms with van der Waals surface area (Å²) in [5, 5.41) is 8.77. The van der Waals surface area contributed by atoms with Gasteiger partial charge in [-0.3, -0.25) is 0 Å². The Kier molecular flexibility index (Phi) is 2.65. The quantitative estimate of drug-likeness (QED) is 0.832. The van der Waals surface area contributed by atoms with Gasteiger partial charge in [0.05, 0.1) is 0 Å². The fourth-order valence-electron chi connectivity index (χ4n) is 1.54. The molecule has 16 heavy (non-hydrogen) atoms. The molecule has 1 heterocycles. The largest absolute Gasteiger partial charge is 0.440 e. The zero-order valence-corrected chi connectivity index (χ0v) is 9.03. The average Bonchev–Trinajstić information content (AvgIpc) is 2.71. The van der Waals surface area contributed by atoms with E-state index in [0.717, 1.165) is 12.0 Å². The summed E-state index contributed by atoms with van der Waals surface area (Å²) in [7, 11) is 0. The van der Waals surface area contributed by atoms with Crippen LogP contribution in [0.25, 0.3) is 11.3 Å². The molecule has 2 rings (SSSR count). The molecule has 0 spiro atoms. The van der Waals surface area contributed by atoms with Gasteiger partial charge in [0, 0.05) is 11.6 Å². The molecular formula is C13H12N2O. The molecule has 0 aliphatic carbocycles. The van der Waals surface area contributed by atoms with Crippen LogP contribution in [-0.4, -0.2) is 0 Å². The number of aryl methyl sites for hydroxylation is 1. The molecular weight excluding hydrogens is 200 g/mol. The van der Waals surface area contributed by atoms with Crippen LogP contribution >= 0.6 is 0 Å². The third-order valence-electron chi connectivity index (χ3n) is 2.53. The minimum absolute atomic E-state index is 0.178. The number of benzene rings is 1. The predicted molar refractivity (Wildman–Crippen MR) is 62.6 cm³/mol. The molecule has 0 saturated heterocycles. The van der Waals surface area contributed by atoms with Crippen molar-refractivity contribution in [3.8, 4) is 17.4 Å². The minimum atomic E-state index is 0.178. The van der Waals surface area contributed by atoms with Gasteiger partial charge in [0.15, 0.2) is 0 Å². The Balaban J connectivity index is 2.39. The summed E-state index contributed by atoms with van der Waals surface area (Å²) in [4.78, 5) is 0. The van der Waals surface area contributed by atoms with E-state index in [2.05, 4.69) is 6.92 Å². The lowest BCUT2D eigenvalue weighted by Crippen LogP contribution is -1.82. The molecule has 1 aromatic carbocycles. The van der Waals surface area contributed by atoms with Gasteiger partial charge in [0.1, 0.15) is 17.4 Å². The van der Waals surface area contributed by atoms with Crippen molar-refractivity contribution in [3.05, 3.63) is 41.5 Å². The summed E-state index contributed by atoms with van der Waals surface area (Å²) in [5.74, 6) is 0.814. The molecule has 2 aromatic rings. The molecule has 0 aliphatic heterocycles. The van der Waals surface area contributed by atoms with Gasteiger partial charge in [0.25, 0.3) is 0 Å². The Morgan fingerprint density at radius 1 is 1.31 bits per heavy atom. The number of nitrogens with zero attached hydrogens (tertiary/aromatic N) is 1. The standard InChI is InChI=1S/C13H12N2O/c1-2-9-3-5-10(6-4-9)12-7-11(8-14)13(15)16-12/h3-7H,2,15H2,1H3. The summed E-state index contributed by atoms with van der Waals surface area (Å²) in [6, 6.07) is 11.7. The van der Waals surface area contributed by atoms with Gasteiger partial charge < -0.3 is 10.2 Å². The highest BCUT2D eigenvalue weighted by atomic mass is 16.4. The summed E-state index contributed by atoms with van der Waals surface area (Å²) in [6.45, 7) is 2.10. The van der Waals surface area contributed by atoms with Crippen LogP contribution in [0.5, 0.6) is 0 Å². The van der Waals surface area contributed by atoms with Crippen molar-refractivity contribution in [3.63, 3.8) is 0 Å². The summed E-state index contributed by atoms with van der Waals surface area (Å²) < 4.78 is 5.32. The van der Waals surface area contributed by atoms with Crippen LogP contribution in [0, 0.1) is 11.3 Å². The molecule has 80 valence electrons. The average molecular weight is 212 g/mol. The van der Waals surface area contributed by atoms with Crippen molar-refractivity contribution in [1.29, 1.82) is 5.26 Å². The summed E-state index contributed by atoms with van der Waals surface area (Å²) in [5.41, 5.74) is 8.14. The fraction of sp³-hybridized carbons (Fsp3) is 0.154. The molecule has 0 bridgehead atoms. The lowest BCUT2D eigenvalue weighted by Gasteiger charge is -1.98. The number of nitriles is 1. The Labute approximate surface area is 94.1 Å². The normalized spacial score (nSPS) is 10.0. The van der Waals surface area contributed by atoms with E-state index in [9.17, 15) is 0 Å². The van der Waals surface area contributed by atoms with Crippen LogP contribution in [0.2, 0.25) is 0 Å². The second kappa shape index (κ2) is 4.11. The number of anilines is 1. The van der Waals surface area contributed by atoms with Crippen molar-refractivity contribution in [2.45, 2.75) is 13.3 Å². The Bertz CT molecular complexity index is 532. The van der Waals surface area contributed by atoms with E-state index in [-0.39, 0.29) is 5.88 Å². The zero-order chi connectivity index (χ0) is 11.5. The van der Waals surface area contributed by atoms with Gasteiger partial charge in [-0.25, -0.2) is 0 Å². The Morgan fingerprint density at radius 2 is 2.00 bits per heavy atom. The molecule has 0 aliphatic rings. The molecule has 3 heteroatoms. The van der Waals surface area contributed by atoms with E-state index in [0.29, 0.717) is 11.3 Å². The topological polar surface area (TPSA) is 63.0 Å². The van der Waals surface area contributed by atoms with Gasteiger partial charge in [-0.2, -0.15) is 5.26 Å². The van der Waals surface area contributed by atoms with Crippen LogP contribution < -0.4 is 5.73 Å². The van der Waals surface area contributed by atoms with Crippen molar-refractivity contribution >= 4 is 5.88 Å². The number of nitrogens with two attached hydrogens (primary N) is 1. The molecule has 3 nitrogen and oxygen atoms in total. The molecule has 0 unspecified atom stereocenters. The van der Waals surface area contributed by atoms with Gasteiger partial charge >= 0.3 is 0 Å². The third kappa shape index (κ3) is 1.78. The highest BCUT2D eigenvalue weighted by Crippen LogP contribution is 2.26. The molecule has 0 radical (unpaired) electrons. The van der Waals surface area contributed by atoms with E-state index in [1.54, 1.807) is 6.07 Å². The van der Waals surface area contributed by atoms with Crippen LogP contribution in [0.3, 0.4) is 0 Å². The van der Waals surface area contributed by atoms with Crippen molar-refractivity contribution in [1.82, 2.24) is 0 Å². The first kappa shape index (κ1) is 10.3. The van der Waals surface area contributed by atoms with Gasteiger partial charge in [-0.15, -0.1) is 0 Å². The van der Waals surface area contributed by atoms with Gasteiger partial charge in [-0.05, 0) is 12.0 Å². The number of nitrogen functional groups attached to an aromatic ring is 1. The number of furan rings is 1. The van der Waals surface area contributed by atoms with Crippen LogP contribution in [-0.2, 0) is 6.42 Å². The lowest BCUT2D eigenvalue weighted by atomic mass is 10.1. The van der Waals surface area contributed by atoms with Crippen LogP contribution in [0.15, 0.2) is 34.7 Å². The summed E-state index contributed by atoms with van der Waals surface area (Å²) >= 11 is 0. The SMILES string of the molecule is CCc1ccc(-c2cc(C#N)c(N)o2)cc1. The monoisotopic (exact) mass is 212 g/mol. The van der Waals surface area contributed by atoms with E-state index < -0.39 is 0 Å². The van der Waals surface area contributed by atoms with E-state index >= 15 is 0 Å².